The first-order valence-corrected chi connectivity index (χ1v) is 7.50. The Morgan fingerprint density at radius 3 is 2.87 bits per heavy atom. The summed E-state index contributed by atoms with van der Waals surface area (Å²) in [6, 6.07) is 10.3. The Hall–Kier alpha value is -2.96. The second kappa shape index (κ2) is 6.43. The highest BCUT2D eigenvalue weighted by Gasteiger charge is 2.11. The third-order valence-corrected chi connectivity index (χ3v) is 3.50. The summed E-state index contributed by atoms with van der Waals surface area (Å²) in [4.78, 5) is 28.3. The van der Waals surface area contributed by atoms with Crippen LogP contribution in [-0.2, 0) is 6.54 Å². The average Bonchev–Trinajstić information content (AvgIpc) is 2.97. The van der Waals surface area contributed by atoms with Crippen LogP contribution in [0.4, 0.5) is 0 Å². The minimum absolute atomic E-state index is 0.193. The first-order valence-electron chi connectivity index (χ1n) is 7.50. The molecular weight excluding hydrogens is 294 g/mol. The molecule has 3 aromatic rings. The smallest absolute Gasteiger partial charge is 0.268 e. The molecule has 0 unspecified atom stereocenters. The van der Waals surface area contributed by atoms with Gasteiger partial charge in [-0.05, 0) is 24.6 Å². The van der Waals surface area contributed by atoms with E-state index in [1.54, 1.807) is 4.68 Å². The third-order valence-electron chi connectivity index (χ3n) is 3.50. The molecule has 0 atom stereocenters. The number of carbonyl (C=O) groups is 1. The van der Waals surface area contributed by atoms with Gasteiger partial charge in [-0.2, -0.15) is 5.10 Å². The van der Waals surface area contributed by atoms with Gasteiger partial charge in [0.2, 0.25) is 0 Å². The molecule has 0 saturated heterocycles. The highest BCUT2D eigenvalue weighted by Crippen LogP contribution is 2.10. The highest BCUT2D eigenvalue weighted by atomic mass is 16.2. The van der Waals surface area contributed by atoms with E-state index < -0.39 is 5.91 Å². The quantitative estimate of drug-likeness (QED) is 0.778. The molecule has 1 aromatic carbocycles. The summed E-state index contributed by atoms with van der Waals surface area (Å²) in [7, 11) is 0. The van der Waals surface area contributed by atoms with Crippen molar-refractivity contribution in [1.82, 2.24) is 19.4 Å². The second-order valence-electron chi connectivity index (χ2n) is 5.18. The lowest BCUT2D eigenvalue weighted by Crippen LogP contribution is -2.28. The second-order valence-corrected chi connectivity index (χ2v) is 5.18. The Bertz CT molecular complexity index is 897. The van der Waals surface area contributed by atoms with Crippen molar-refractivity contribution in [2.45, 2.75) is 26.3 Å². The molecule has 7 nitrogen and oxygen atoms in total. The van der Waals surface area contributed by atoms with Gasteiger partial charge in [-0.3, -0.25) is 15.0 Å². The maximum Gasteiger partial charge on any atom is 0.290 e. The first-order chi connectivity index (χ1) is 11.2. The van der Waals surface area contributed by atoms with Crippen LogP contribution in [0.25, 0.3) is 11.0 Å². The van der Waals surface area contributed by atoms with Gasteiger partial charge in [-0.15, -0.1) is 0 Å². The average molecular weight is 311 g/mol. The number of amides is 1. The molecule has 0 radical (unpaired) electrons. The minimum Gasteiger partial charge on any atom is -0.268 e. The van der Waals surface area contributed by atoms with Crippen molar-refractivity contribution >= 4 is 16.9 Å². The third kappa shape index (κ3) is 3.13. The zero-order chi connectivity index (χ0) is 16.2. The molecule has 3 rings (SSSR count). The van der Waals surface area contributed by atoms with E-state index in [4.69, 9.17) is 0 Å². The van der Waals surface area contributed by atoms with E-state index in [1.165, 1.54) is 23.1 Å². The van der Waals surface area contributed by atoms with Gasteiger partial charge in [0, 0.05) is 12.6 Å². The first kappa shape index (κ1) is 15.0. The predicted octanol–water partition coefficient (Wildman–Crippen LogP) is 1.78. The maximum atomic E-state index is 12.4. The topological polar surface area (TPSA) is 81.8 Å². The molecule has 0 fully saturated rings. The van der Waals surface area contributed by atoms with Crippen LogP contribution >= 0.6 is 0 Å². The van der Waals surface area contributed by atoms with Gasteiger partial charge in [0.1, 0.15) is 6.33 Å². The number of nitrogens with one attached hydrogen (secondary N) is 1. The molecule has 0 saturated carbocycles. The van der Waals surface area contributed by atoms with Crippen molar-refractivity contribution in [3.05, 3.63) is 58.8 Å². The largest absolute Gasteiger partial charge is 0.290 e. The number of hydrogen-bond acceptors (Lipinski definition) is 4. The summed E-state index contributed by atoms with van der Waals surface area (Å²) in [5, 5.41) is 4.13. The van der Waals surface area contributed by atoms with Gasteiger partial charge in [-0.1, -0.05) is 25.5 Å². The number of rotatable bonds is 5. The van der Waals surface area contributed by atoms with Gasteiger partial charge in [0.05, 0.1) is 11.0 Å². The number of aromatic nitrogens is 4. The Morgan fingerprint density at radius 1 is 1.22 bits per heavy atom. The number of hydrogen-bond donors (Lipinski definition) is 1. The zero-order valence-corrected chi connectivity index (χ0v) is 12.8. The molecule has 2 aromatic heterocycles. The number of unbranched alkanes of at least 4 members (excludes halogenated alkanes) is 1. The summed E-state index contributed by atoms with van der Waals surface area (Å²) in [6.07, 6.45) is 3.32. The molecule has 23 heavy (non-hydrogen) atoms. The standard InChI is InChI=1S/C16H17N5O2/c1-2-3-10-20-15(22)9-8-13(18-20)16(23)19-21-11-17-12-6-4-5-7-14(12)21/h4-9,11H,2-3,10H2,1H3,(H,19,23). The highest BCUT2D eigenvalue weighted by molar-refractivity contribution is 5.98. The molecule has 0 aliphatic heterocycles. The number of imidazole rings is 1. The predicted molar refractivity (Wildman–Crippen MR) is 86.8 cm³/mol. The zero-order valence-electron chi connectivity index (χ0n) is 12.8. The number of fused-ring (bicyclic) bond motifs is 1. The van der Waals surface area contributed by atoms with E-state index in [9.17, 15) is 9.59 Å². The van der Waals surface area contributed by atoms with Crippen molar-refractivity contribution < 1.29 is 4.79 Å². The van der Waals surface area contributed by atoms with Gasteiger partial charge in [0.15, 0.2) is 5.69 Å². The van der Waals surface area contributed by atoms with Crippen LogP contribution in [0.1, 0.15) is 30.3 Å². The summed E-state index contributed by atoms with van der Waals surface area (Å²) in [6.45, 7) is 2.54. The Balaban J connectivity index is 1.84. The van der Waals surface area contributed by atoms with Gasteiger partial charge in [-0.25, -0.2) is 14.3 Å². The summed E-state index contributed by atoms with van der Waals surface area (Å²) in [5.74, 6) is -0.390. The van der Waals surface area contributed by atoms with Crippen LogP contribution in [0.5, 0.6) is 0 Å². The molecule has 118 valence electrons. The lowest BCUT2D eigenvalue weighted by atomic mass is 10.3. The van der Waals surface area contributed by atoms with E-state index >= 15 is 0 Å². The fraction of sp³-hybridized carbons (Fsp3) is 0.250. The Kier molecular flexibility index (Phi) is 4.18. The molecule has 0 spiro atoms. The lowest BCUT2D eigenvalue weighted by Gasteiger charge is -2.08. The molecule has 2 heterocycles. The summed E-state index contributed by atoms with van der Waals surface area (Å²) in [5.41, 5.74) is 4.29. The number of para-hydroxylation sites is 2. The maximum absolute atomic E-state index is 12.4. The van der Waals surface area contributed by atoms with Crippen LogP contribution in [-0.4, -0.2) is 25.3 Å². The molecule has 1 N–H and O–H groups in total. The molecule has 0 bridgehead atoms. The van der Waals surface area contributed by atoms with E-state index in [0.29, 0.717) is 6.54 Å². The van der Waals surface area contributed by atoms with Crippen molar-refractivity contribution in [3.8, 4) is 0 Å². The monoisotopic (exact) mass is 311 g/mol. The van der Waals surface area contributed by atoms with Gasteiger partial charge in [0.25, 0.3) is 11.5 Å². The number of benzene rings is 1. The fourth-order valence-electron chi connectivity index (χ4n) is 2.25. The fourth-order valence-corrected chi connectivity index (χ4v) is 2.25. The summed E-state index contributed by atoms with van der Waals surface area (Å²) >= 11 is 0. The lowest BCUT2D eigenvalue weighted by molar-refractivity contribution is 0.100. The van der Waals surface area contributed by atoms with Crippen LogP contribution < -0.4 is 11.0 Å². The van der Waals surface area contributed by atoms with Crippen LogP contribution in [0, 0.1) is 0 Å². The molecule has 0 aliphatic carbocycles. The van der Waals surface area contributed by atoms with E-state index in [1.807, 2.05) is 31.2 Å². The van der Waals surface area contributed by atoms with Gasteiger partial charge >= 0.3 is 0 Å². The van der Waals surface area contributed by atoms with Crippen molar-refractivity contribution in [2.24, 2.45) is 0 Å². The number of carbonyl (C=O) groups excluding carboxylic acids is 1. The Labute approximate surface area is 132 Å². The van der Waals surface area contributed by atoms with E-state index in [2.05, 4.69) is 15.5 Å². The summed E-state index contributed by atoms with van der Waals surface area (Å²) < 4.78 is 2.87. The van der Waals surface area contributed by atoms with Crippen molar-refractivity contribution in [2.75, 3.05) is 5.43 Å². The van der Waals surface area contributed by atoms with E-state index in [-0.39, 0.29) is 11.3 Å². The van der Waals surface area contributed by atoms with Crippen LogP contribution in [0.2, 0.25) is 0 Å². The normalized spacial score (nSPS) is 10.8. The van der Waals surface area contributed by atoms with Gasteiger partial charge < -0.3 is 0 Å². The van der Waals surface area contributed by atoms with Crippen LogP contribution in [0.3, 0.4) is 0 Å². The molecule has 7 heteroatoms. The number of aryl methyl sites for hydroxylation is 1. The Morgan fingerprint density at radius 2 is 2.04 bits per heavy atom. The van der Waals surface area contributed by atoms with Crippen LogP contribution in [0.15, 0.2) is 47.5 Å². The number of nitrogens with zero attached hydrogens (tertiary/aromatic N) is 4. The minimum atomic E-state index is -0.390. The molecule has 1 amide bonds. The molecular formula is C16H17N5O2. The van der Waals surface area contributed by atoms with Crippen molar-refractivity contribution in [3.63, 3.8) is 0 Å². The SMILES string of the molecule is CCCCn1nc(C(=O)Nn2cnc3ccccc32)ccc1=O. The molecule has 0 aliphatic rings. The van der Waals surface area contributed by atoms with E-state index in [0.717, 1.165) is 23.9 Å². The van der Waals surface area contributed by atoms with Crippen molar-refractivity contribution in [1.29, 1.82) is 0 Å².